The van der Waals surface area contributed by atoms with Crippen LogP contribution in [0.3, 0.4) is 0 Å². The van der Waals surface area contributed by atoms with E-state index in [0.29, 0.717) is 17.1 Å². The molecule has 3 N–H and O–H groups in total. The summed E-state index contributed by atoms with van der Waals surface area (Å²) in [5, 5.41) is 3.40. The van der Waals surface area contributed by atoms with Gasteiger partial charge in [-0.1, -0.05) is 37.6 Å². The Balaban J connectivity index is 0.00000289. The van der Waals surface area contributed by atoms with Crippen molar-refractivity contribution in [2.24, 2.45) is 11.7 Å². The lowest BCUT2D eigenvalue weighted by molar-refractivity contribution is 0.0883. The quantitative estimate of drug-likeness (QED) is 0.896. The zero-order chi connectivity index (χ0) is 13.1. The van der Waals surface area contributed by atoms with E-state index in [9.17, 15) is 4.79 Å². The molecule has 0 saturated carbocycles. The number of carbonyl (C=O) groups is 1. The van der Waals surface area contributed by atoms with Crippen LogP contribution >= 0.6 is 24.0 Å². The minimum atomic E-state index is -0.420. The van der Waals surface area contributed by atoms with Crippen LogP contribution in [0, 0.1) is 5.92 Å². The molecule has 0 saturated heterocycles. The van der Waals surface area contributed by atoms with Crippen molar-refractivity contribution in [3.05, 3.63) is 34.9 Å². The normalized spacial score (nSPS) is 13.7. The van der Waals surface area contributed by atoms with E-state index in [1.807, 2.05) is 20.8 Å². The standard InChI is InChI=1S/C13H19ClN2O.ClH/c1-9(2)13(3,8-15)16-12(17)10-6-4-5-7-11(10)14;/h4-7,9H,8,15H2,1-3H3,(H,16,17);1H. The summed E-state index contributed by atoms with van der Waals surface area (Å²) in [5.41, 5.74) is 5.79. The summed E-state index contributed by atoms with van der Waals surface area (Å²) < 4.78 is 0. The fourth-order valence-corrected chi connectivity index (χ4v) is 1.62. The molecule has 0 aliphatic heterocycles. The minimum absolute atomic E-state index is 0. The first-order chi connectivity index (χ1) is 7.90. The summed E-state index contributed by atoms with van der Waals surface area (Å²) in [6.07, 6.45) is 0. The average Bonchev–Trinajstić information content (AvgIpc) is 2.29. The highest BCUT2D eigenvalue weighted by atomic mass is 35.5. The lowest BCUT2D eigenvalue weighted by atomic mass is 9.88. The predicted molar refractivity (Wildman–Crippen MR) is 78.5 cm³/mol. The topological polar surface area (TPSA) is 55.1 Å². The molecule has 0 aliphatic carbocycles. The van der Waals surface area contributed by atoms with E-state index in [0.717, 1.165) is 0 Å². The lowest BCUT2D eigenvalue weighted by Crippen LogP contribution is -2.55. The van der Waals surface area contributed by atoms with Gasteiger partial charge in [0.1, 0.15) is 0 Å². The molecular weight excluding hydrogens is 271 g/mol. The Bertz CT molecular complexity index is 410. The van der Waals surface area contributed by atoms with Gasteiger partial charge in [0.2, 0.25) is 0 Å². The summed E-state index contributed by atoms with van der Waals surface area (Å²) in [5.74, 6) is 0.0659. The maximum atomic E-state index is 12.1. The number of hydrogen-bond donors (Lipinski definition) is 2. The molecule has 0 aromatic heterocycles. The Morgan fingerprint density at radius 3 is 2.44 bits per heavy atom. The Labute approximate surface area is 119 Å². The molecule has 0 spiro atoms. The largest absolute Gasteiger partial charge is 0.345 e. The Morgan fingerprint density at radius 1 is 1.44 bits per heavy atom. The van der Waals surface area contributed by atoms with Crippen LogP contribution in [0.5, 0.6) is 0 Å². The fourth-order valence-electron chi connectivity index (χ4n) is 1.40. The summed E-state index contributed by atoms with van der Waals surface area (Å²) in [7, 11) is 0. The van der Waals surface area contributed by atoms with Gasteiger partial charge in [-0.2, -0.15) is 0 Å². The van der Waals surface area contributed by atoms with E-state index in [1.54, 1.807) is 24.3 Å². The zero-order valence-corrected chi connectivity index (χ0v) is 12.4. The second kappa shape index (κ2) is 6.98. The van der Waals surface area contributed by atoms with Crippen LogP contribution in [0.4, 0.5) is 0 Å². The van der Waals surface area contributed by atoms with Crippen LogP contribution in [0.25, 0.3) is 0 Å². The zero-order valence-electron chi connectivity index (χ0n) is 10.9. The maximum absolute atomic E-state index is 12.1. The number of carbonyl (C=O) groups excluding carboxylic acids is 1. The molecular formula is C13H20Cl2N2O. The molecule has 0 heterocycles. The van der Waals surface area contributed by atoms with Crippen molar-refractivity contribution < 1.29 is 4.79 Å². The smallest absolute Gasteiger partial charge is 0.253 e. The summed E-state index contributed by atoms with van der Waals surface area (Å²) in [6.45, 7) is 6.38. The number of nitrogens with one attached hydrogen (secondary N) is 1. The molecule has 1 rings (SSSR count). The highest BCUT2D eigenvalue weighted by Crippen LogP contribution is 2.19. The number of nitrogens with two attached hydrogens (primary N) is 1. The second-order valence-corrected chi connectivity index (χ2v) is 5.12. The molecule has 0 fully saturated rings. The van der Waals surface area contributed by atoms with Gasteiger partial charge in [0, 0.05) is 6.54 Å². The third-order valence-electron chi connectivity index (χ3n) is 3.22. The summed E-state index contributed by atoms with van der Waals surface area (Å²) >= 11 is 5.98. The average molecular weight is 291 g/mol. The molecule has 5 heteroatoms. The van der Waals surface area contributed by atoms with Gasteiger partial charge >= 0.3 is 0 Å². The summed E-state index contributed by atoms with van der Waals surface area (Å²) in [4.78, 5) is 12.1. The van der Waals surface area contributed by atoms with Gasteiger partial charge in [-0.25, -0.2) is 0 Å². The van der Waals surface area contributed by atoms with Gasteiger partial charge in [-0.05, 0) is 25.0 Å². The van der Waals surface area contributed by atoms with E-state index in [1.165, 1.54) is 0 Å². The first-order valence-electron chi connectivity index (χ1n) is 5.68. The molecule has 0 aliphatic rings. The molecule has 102 valence electrons. The number of halogens is 2. The highest BCUT2D eigenvalue weighted by molar-refractivity contribution is 6.33. The molecule has 1 amide bonds. The molecule has 1 atom stereocenters. The third-order valence-corrected chi connectivity index (χ3v) is 3.55. The first-order valence-corrected chi connectivity index (χ1v) is 6.05. The molecule has 3 nitrogen and oxygen atoms in total. The molecule has 1 aromatic carbocycles. The van der Waals surface area contributed by atoms with Crippen molar-refractivity contribution in [2.45, 2.75) is 26.3 Å². The molecule has 0 bridgehead atoms. The van der Waals surface area contributed by atoms with Crippen molar-refractivity contribution >= 4 is 29.9 Å². The van der Waals surface area contributed by atoms with Crippen LogP contribution in [0.1, 0.15) is 31.1 Å². The van der Waals surface area contributed by atoms with Crippen LogP contribution in [0.15, 0.2) is 24.3 Å². The van der Waals surface area contributed by atoms with Crippen LogP contribution < -0.4 is 11.1 Å². The molecule has 1 aromatic rings. The monoisotopic (exact) mass is 290 g/mol. The van der Waals surface area contributed by atoms with Crippen molar-refractivity contribution in [3.8, 4) is 0 Å². The second-order valence-electron chi connectivity index (χ2n) is 4.71. The van der Waals surface area contributed by atoms with Crippen LogP contribution in [-0.2, 0) is 0 Å². The van der Waals surface area contributed by atoms with Gasteiger partial charge in [0.25, 0.3) is 5.91 Å². The maximum Gasteiger partial charge on any atom is 0.253 e. The third kappa shape index (κ3) is 3.87. The van der Waals surface area contributed by atoms with Crippen molar-refractivity contribution in [1.29, 1.82) is 0 Å². The predicted octanol–water partition coefficient (Wildman–Crippen LogP) is 2.87. The van der Waals surface area contributed by atoms with E-state index in [-0.39, 0.29) is 24.2 Å². The molecule has 0 radical (unpaired) electrons. The van der Waals surface area contributed by atoms with Crippen molar-refractivity contribution in [1.82, 2.24) is 5.32 Å². The Morgan fingerprint density at radius 2 is 2.00 bits per heavy atom. The number of rotatable bonds is 4. The van der Waals surface area contributed by atoms with Crippen molar-refractivity contribution in [3.63, 3.8) is 0 Å². The van der Waals surface area contributed by atoms with E-state index in [2.05, 4.69) is 5.32 Å². The van der Waals surface area contributed by atoms with Gasteiger partial charge in [0.15, 0.2) is 0 Å². The lowest BCUT2D eigenvalue weighted by Gasteiger charge is -2.33. The van der Waals surface area contributed by atoms with Crippen LogP contribution in [0.2, 0.25) is 5.02 Å². The Hall–Kier alpha value is -0.770. The van der Waals surface area contributed by atoms with Gasteiger partial charge < -0.3 is 11.1 Å². The molecule has 18 heavy (non-hydrogen) atoms. The summed E-state index contributed by atoms with van der Waals surface area (Å²) in [6, 6.07) is 6.99. The Kier molecular flexibility index (Phi) is 6.68. The van der Waals surface area contributed by atoms with E-state index < -0.39 is 5.54 Å². The fraction of sp³-hybridized carbons (Fsp3) is 0.462. The van der Waals surface area contributed by atoms with Gasteiger partial charge in [-0.15, -0.1) is 12.4 Å². The number of hydrogen-bond acceptors (Lipinski definition) is 2. The minimum Gasteiger partial charge on any atom is -0.345 e. The molecule has 1 unspecified atom stereocenters. The number of amides is 1. The van der Waals surface area contributed by atoms with E-state index >= 15 is 0 Å². The SMILES string of the molecule is CC(C)C(C)(CN)NC(=O)c1ccccc1Cl.Cl. The van der Waals surface area contributed by atoms with Crippen LogP contribution in [-0.4, -0.2) is 18.0 Å². The number of benzene rings is 1. The first kappa shape index (κ1) is 17.2. The van der Waals surface area contributed by atoms with Gasteiger partial charge in [-0.3, -0.25) is 4.79 Å². The van der Waals surface area contributed by atoms with E-state index in [4.69, 9.17) is 17.3 Å². The van der Waals surface area contributed by atoms with Gasteiger partial charge in [0.05, 0.1) is 16.1 Å². The highest BCUT2D eigenvalue weighted by Gasteiger charge is 2.29. The van der Waals surface area contributed by atoms with Crippen molar-refractivity contribution in [2.75, 3.05) is 6.54 Å².